The van der Waals surface area contributed by atoms with Gasteiger partial charge in [0, 0.05) is 12.1 Å². The highest BCUT2D eigenvalue weighted by Gasteiger charge is 2.29. The molecule has 6 heteroatoms. The van der Waals surface area contributed by atoms with E-state index < -0.39 is 23.3 Å². The van der Waals surface area contributed by atoms with E-state index in [4.69, 9.17) is 0 Å². The van der Waals surface area contributed by atoms with Crippen LogP contribution in [-0.2, 0) is 9.59 Å². The molecule has 4 nitrogen and oxygen atoms in total. The molecule has 1 aliphatic rings. The normalized spacial score (nSPS) is 15.6. The molecule has 0 bridgehead atoms. The van der Waals surface area contributed by atoms with E-state index in [1.54, 1.807) is 0 Å². The van der Waals surface area contributed by atoms with Gasteiger partial charge in [-0.1, -0.05) is 0 Å². The number of ketones is 1. The Morgan fingerprint density at radius 1 is 1.24 bits per heavy atom. The Morgan fingerprint density at radius 3 is 2.24 bits per heavy atom. The standard InChI is InChI=1S/C11H9F2NO3/c1-17-11-8(12)2-6(3-9(11)13)14-5-7(15)4-10(14)16/h2-3H,4-5H2,1H3. The first kappa shape index (κ1) is 11.5. The Kier molecular flexibility index (Phi) is 2.79. The molecule has 1 amide bonds. The summed E-state index contributed by atoms with van der Waals surface area (Å²) >= 11 is 0. The minimum atomic E-state index is -0.908. The van der Waals surface area contributed by atoms with E-state index in [9.17, 15) is 18.4 Å². The van der Waals surface area contributed by atoms with Crippen LogP contribution >= 0.6 is 0 Å². The first-order chi connectivity index (χ1) is 8.02. The van der Waals surface area contributed by atoms with E-state index in [1.807, 2.05) is 0 Å². The monoisotopic (exact) mass is 241 g/mol. The summed E-state index contributed by atoms with van der Waals surface area (Å²) in [4.78, 5) is 23.5. The lowest BCUT2D eigenvalue weighted by Gasteiger charge is -2.15. The predicted octanol–water partition coefficient (Wildman–Crippen LogP) is 1.28. The number of amides is 1. The average Bonchev–Trinajstić information content (AvgIpc) is 2.57. The maximum absolute atomic E-state index is 13.4. The van der Waals surface area contributed by atoms with Crippen molar-refractivity contribution >= 4 is 17.4 Å². The fourth-order valence-electron chi connectivity index (χ4n) is 1.72. The lowest BCUT2D eigenvalue weighted by molar-refractivity contribution is -0.121. The van der Waals surface area contributed by atoms with Gasteiger partial charge in [-0.2, -0.15) is 0 Å². The summed E-state index contributed by atoms with van der Waals surface area (Å²) in [5.41, 5.74) is 0.0247. The largest absolute Gasteiger partial charge is 0.491 e. The van der Waals surface area contributed by atoms with Gasteiger partial charge in [-0.15, -0.1) is 0 Å². The molecule has 1 aliphatic heterocycles. The topological polar surface area (TPSA) is 46.6 Å². The zero-order valence-electron chi connectivity index (χ0n) is 9.00. The summed E-state index contributed by atoms with van der Waals surface area (Å²) < 4.78 is 31.3. The molecule has 0 saturated carbocycles. The van der Waals surface area contributed by atoms with Crippen molar-refractivity contribution in [2.24, 2.45) is 0 Å². The second-order valence-electron chi connectivity index (χ2n) is 3.64. The number of halogens is 2. The smallest absolute Gasteiger partial charge is 0.234 e. The maximum atomic E-state index is 13.4. The van der Waals surface area contributed by atoms with Gasteiger partial charge >= 0.3 is 0 Å². The van der Waals surface area contributed by atoms with Gasteiger partial charge in [-0.05, 0) is 0 Å². The van der Waals surface area contributed by atoms with Gasteiger partial charge in [0.1, 0.15) is 0 Å². The van der Waals surface area contributed by atoms with Crippen LogP contribution in [0.2, 0.25) is 0 Å². The molecule has 2 rings (SSSR count). The highest BCUT2D eigenvalue weighted by atomic mass is 19.1. The van der Waals surface area contributed by atoms with Crippen molar-refractivity contribution in [2.45, 2.75) is 6.42 Å². The second-order valence-corrected chi connectivity index (χ2v) is 3.64. The van der Waals surface area contributed by atoms with Crippen molar-refractivity contribution in [3.05, 3.63) is 23.8 Å². The fraction of sp³-hybridized carbons (Fsp3) is 0.273. The van der Waals surface area contributed by atoms with Crippen molar-refractivity contribution in [1.29, 1.82) is 0 Å². The van der Waals surface area contributed by atoms with E-state index in [0.717, 1.165) is 24.1 Å². The first-order valence-corrected chi connectivity index (χ1v) is 4.88. The van der Waals surface area contributed by atoms with Gasteiger partial charge in [0.25, 0.3) is 0 Å². The molecule has 1 fully saturated rings. The van der Waals surface area contributed by atoms with Gasteiger partial charge in [0.15, 0.2) is 23.2 Å². The van der Waals surface area contributed by atoms with Crippen molar-refractivity contribution in [3.63, 3.8) is 0 Å². The van der Waals surface area contributed by atoms with Crippen LogP contribution in [0.3, 0.4) is 0 Å². The van der Waals surface area contributed by atoms with Crippen LogP contribution in [0.1, 0.15) is 6.42 Å². The Hall–Kier alpha value is -1.98. The number of Topliss-reactive ketones (excluding diaryl/α,β-unsaturated/α-hetero) is 1. The number of benzene rings is 1. The highest BCUT2D eigenvalue weighted by molar-refractivity contribution is 6.15. The lowest BCUT2D eigenvalue weighted by Crippen LogP contribution is -2.24. The lowest BCUT2D eigenvalue weighted by atomic mass is 10.2. The number of hydrogen-bond acceptors (Lipinski definition) is 3. The van der Waals surface area contributed by atoms with Crippen LogP contribution in [0.4, 0.5) is 14.5 Å². The van der Waals surface area contributed by atoms with Crippen LogP contribution in [-0.4, -0.2) is 25.3 Å². The second kappa shape index (κ2) is 4.12. The highest BCUT2D eigenvalue weighted by Crippen LogP contribution is 2.29. The molecule has 1 aromatic carbocycles. The Morgan fingerprint density at radius 2 is 1.82 bits per heavy atom. The summed E-state index contributed by atoms with van der Waals surface area (Å²) in [5, 5.41) is 0. The summed E-state index contributed by atoms with van der Waals surface area (Å²) in [7, 11) is 1.14. The van der Waals surface area contributed by atoms with Gasteiger partial charge in [-0.25, -0.2) is 8.78 Å². The molecule has 1 aromatic rings. The molecule has 0 aromatic heterocycles. The number of carbonyl (C=O) groups excluding carboxylic acids is 2. The molecular formula is C11H9F2NO3. The number of hydrogen-bond donors (Lipinski definition) is 0. The van der Waals surface area contributed by atoms with E-state index in [1.165, 1.54) is 0 Å². The zero-order chi connectivity index (χ0) is 12.6. The Labute approximate surface area is 95.8 Å². The Bertz CT molecular complexity index is 478. The van der Waals surface area contributed by atoms with E-state index in [2.05, 4.69) is 4.74 Å². The molecule has 0 spiro atoms. The fourth-order valence-corrected chi connectivity index (χ4v) is 1.72. The molecule has 1 saturated heterocycles. The summed E-state index contributed by atoms with van der Waals surface area (Å²) in [5.74, 6) is -3.05. The van der Waals surface area contributed by atoms with Gasteiger partial charge in [0.2, 0.25) is 5.91 Å². The van der Waals surface area contributed by atoms with Gasteiger partial charge in [0.05, 0.1) is 25.8 Å². The molecule has 0 radical (unpaired) electrons. The van der Waals surface area contributed by atoms with Crippen LogP contribution in [0.5, 0.6) is 5.75 Å². The molecule has 0 unspecified atom stereocenters. The average molecular weight is 241 g/mol. The van der Waals surface area contributed by atoms with E-state index >= 15 is 0 Å². The molecule has 0 atom stereocenters. The molecule has 0 aliphatic carbocycles. The van der Waals surface area contributed by atoms with Gasteiger partial charge in [-0.3, -0.25) is 9.59 Å². The number of anilines is 1. The number of ether oxygens (including phenoxy) is 1. The minimum Gasteiger partial charge on any atom is -0.491 e. The zero-order valence-corrected chi connectivity index (χ0v) is 9.00. The number of rotatable bonds is 2. The van der Waals surface area contributed by atoms with Crippen LogP contribution < -0.4 is 9.64 Å². The van der Waals surface area contributed by atoms with Crippen molar-refractivity contribution in [2.75, 3.05) is 18.6 Å². The molecule has 1 heterocycles. The minimum absolute atomic E-state index is 0.0247. The third kappa shape index (κ3) is 1.98. The SMILES string of the molecule is COc1c(F)cc(N2CC(=O)CC2=O)cc1F. The molecular weight excluding hydrogens is 232 g/mol. The number of methoxy groups -OCH3 is 1. The third-order valence-electron chi connectivity index (χ3n) is 2.48. The van der Waals surface area contributed by atoms with Gasteiger partial charge < -0.3 is 9.64 Å². The maximum Gasteiger partial charge on any atom is 0.234 e. The summed E-state index contributed by atoms with van der Waals surface area (Å²) in [6, 6.07) is 1.94. The Balaban J connectivity index is 2.41. The summed E-state index contributed by atoms with van der Waals surface area (Å²) in [6.45, 7) is -0.149. The summed E-state index contributed by atoms with van der Waals surface area (Å²) in [6.07, 6.45) is -0.227. The third-order valence-corrected chi connectivity index (χ3v) is 2.48. The quantitative estimate of drug-likeness (QED) is 0.733. The van der Waals surface area contributed by atoms with Crippen molar-refractivity contribution in [1.82, 2.24) is 0 Å². The van der Waals surface area contributed by atoms with Crippen LogP contribution in [0.25, 0.3) is 0 Å². The van der Waals surface area contributed by atoms with Crippen molar-refractivity contribution < 1.29 is 23.1 Å². The molecule has 17 heavy (non-hydrogen) atoms. The molecule has 0 N–H and O–H groups in total. The number of nitrogens with zero attached hydrogens (tertiary/aromatic N) is 1. The van der Waals surface area contributed by atoms with E-state index in [-0.39, 0.29) is 24.4 Å². The van der Waals surface area contributed by atoms with Crippen LogP contribution in [0.15, 0.2) is 12.1 Å². The number of carbonyl (C=O) groups is 2. The first-order valence-electron chi connectivity index (χ1n) is 4.88. The van der Waals surface area contributed by atoms with Crippen LogP contribution in [0, 0.1) is 11.6 Å². The van der Waals surface area contributed by atoms with E-state index in [0.29, 0.717) is 0 Å². The van der Waals surface area contributed by atoms with Crippen molar-refractivity contribution in [3.8, 4) is 5.75 Å². The predicted molar refractivity (Wildman–Crippen MR) is 54.9 cm³/mol. The molecule has 90 valence electrons.